The molecule has 0 aromatic rings. The summed E-state index contributed by atoms with van der Waals surface area (Å²) in [7, 11) is 0. The van der Waals surface area contributed by atoms with Crippen molar-refractivity contribution in [3.05, 3.63) is 44.3 Å². The Morgan fingerprint density at radius 3 is 1.95 bits per heavy atom. The van der Waals surface area contributed by atoms with E-state index in [0.29, 0.717) is 5.92 Å². The molecule has 106 valence electrons. The SMILES string of the molecule is C/C=C/C=C/[C@@H]1CCC[C@H](F)C1.[C-]#[O+].[C-]#[O+].[C-]#[O+].[Fe]. The number of halogens is 1. The summed E-state index contributed by atoms with van der Waals surface area (Å²) in [6.45, 7) is 15.5. The van der Waals surface area contributed by atoms with E-state index in [1.165, 1.54) is 0 Å². The van der Waals surface area contributed by atoms with Crippen LogP contribution in [0.3, 0.4) is 0 Å². The van der Waals surface area contributed by atoms with E-state index in [1.54, 1.807) is 0 Å². The molecule has 1 aliphatic rings. The third-order valence-electron chi connectivity index (χ3n) is 2.34. The minimum atomic E-state index is -0.556. The molecule has 0 unspecified atom stereocenters. The van der Waals surface area contributed by atoms with Crippen LogP contribution in [-0.4, -0.2) is 6.17 Å². The molecule has 3 nitrogen and oxygen atoms in total. The minimum absolute atomic E-state index is 0. The predicted molar refractivity (Wildman–Crippen MR) is 62.6 cm³/mol. The van der Waals surface area contributed by atoms with Gasteiger partial charge in [-0.15, -0.1) is 0 Å². The average molecular weight is 308 g/mol. The standard InChI is InChI=1S/C11H17F.3CO.Fe/c1-2-3-4-6-10-7-5-8-11(12)9-10;3*1-2;/h2-4,6,10-11H,5,7-9H2,1H3;;;;/b3-2+,6-4+;;;;/t10-,11+;;;;/m1..../s1. The molecular formula is C14H17FFeO3. The van der Waals surface area contributed by atoms with Gasteiger partial charge in [0.15, 0.2) is 0 Å². The predicted octanol–water partition coefficient (Wildman–Crippen LogP) is 3.53. The van der Waals surface area contributed by atoms with Crippen molar-refractivity contribution in [1.29, 1.82) is 0 Å². The van der Waals surface area contributed by atoms with Crippen LogP contribution in [0, 0.1) is 25.9 Å². The molecule has 1 saturated carbocycles. The van der Waals surface area contributed by atoms with Crippen molar-refractivity contribution < 1.29 is 35.4 Å². The molecule has 1 aliphatic carbocycles. The van der Waals surface area contributed by atoms with Crippen LogP contribution < -0.4 is 0 Å². The fraction of sp³-hybridized carbons (Fsp3) is 0.500. The van der Waals surface area contributed by atoms with Gasteiger partial charge in [0, 0.05) is 17.1 Å². The first-order valence-electron chi connectivity index (χ1n) is 5.37. The van der Waals surface area contributed by atoms with Gasteiger partial charge in [-0.3, -0.25) is 0 Å². The molecule has 1 fully saturated rings. The second-order valence-corrected chi connectivity index (χ2v) is 3.43. The zero-order valence-corrected chi connectivity index (χ0v) is 11.9. The van der Waals surface area contributed by atoms with Crippen molar-refractivity contribution in [2.75, 3.05) is 0 Å². The van der Waals surface area contributed by atoms with E-state index in [0.717, 1.165) is 25.7 Å². The van der Waals surface area contributed by atoms with Gasteiger partial charge in [0.1, 0.15) is 6.17 Å². The smallest absolute Gasteiger partial charge is 0 e. The summed E-state index contributed by atoms with van der Waals surface area (Å²) in [5, 5.41) is 0. The molecule has 0 amide bonds. The van der Waals surface area contributed by atoms with Crippen molar-refractivity contribution in [2.45, 2.75) is 38.8 Å². The number of allylic oxidation sites excluding steroid dienone is 4. The molecule has 2 atom stereocenters. The summed E-state index contributed by atoms with van der Waals surface area (Å²) >= 11 is 0. The summed E-state index contributed by atoms with van der Waals surface area (Å²) in [6, 6.07) is 0. The summed E-state index contributed by atoms with van der Waals surface area (Å²) in [5.41, 5.74) is 0. The van der Waals surface area contributed by atoms with Crippen LogP contribution in [-0.2, 0) is 31.0 Å². The Balaban J connectivity index is -0.000000142. The molecule has 0 saturated heterocycles. The molecule has 0 spiro atoms. The molecule has 0 N–H and O–H groups in total. The quantitative estimate of drug-likeness (QED) is 0.324. The van der Waals surface area contributed by atoms with Gasteiger partial charge < -0.3 is 0 Å². The Hall–Kier alpha value is -0.851. The Morgan fingerprint density at radius 2 is 1.53 bits per heavy atom. The van der Waals surface area contributed by atoms with Crippen LogP contribution in [0.2, 0.25) is 0 Å². The summed E-state index contributed by atoms with van der Waals surface area (Å²) in [5.74, 6) is 0.477. The van der Waals surface area contributed by atoms with Crippen LogP contribution >= 0.6 is 0 Å². The average Bonchev–Trinajstić information content (AvgIpc) is 2.46. The maximum atomic E-state index is 12.9. The molecule has 1 rings (SSSR count). The molecule has 0 radical (unpaired) electrons. The number of alkyl halides is 1. The van der Waals surface area contributed by atoms with E-state index in [4.69, 9.17) is 14.0 Å². The van der Waals surface area contributed by atoms with Crippen LogP contribution in [0.15, 0.2) is 24.3 Å². The second-order valence-electron chi connectivity index (χ2n) is 3.43. The van der Waals surface area contributed by atoms with E-state index in [-0.39, 0.29) is 17.1 Å². The fourth-order valence-corrected chi connectivity index (χ4v) is 1.67. The van der Waals surface area contributed by atoms with Crippen LogP contribution in [0.4, 0.5) is 4.39 Å². The Labute approximate surface area is 125 Å². The molecular weight excluding hydrogens is 291 g/mol. The fourth-order valence-electron chi connectivity index (χ4n) is 1.67. The van der Waals surface area contributed by atoms with Crippen LogP contribution in [0.1, 0.15) is 32.6 Å². The molecule has 0 aromatic heterocycles. The first-order valence-corrected chi connectivity index (χ1v) is 5.37. The maximum Gasteiger partial charge on any atom is 0 e. The first-order chi connectivity index (χ1) is 8.83. The van der Waals surface area contributed by atoms with Crippen molar-refractivity contribution >= 4 is 0 Å². The molecule has 19 heavy (non-hydrogen) atoms. The third kappa shape index (κ3) is 19.7. The molecule has 0 bridgehead atoms. The second kappa shape index (κ2) is 25.9. The van der Waals surface area contributed by atoms with Gasteiger partial charge in [0.2, 0.25) is 0 Å². The maximum absolute atomic E-state index is 12.9. The first kappa shape index (κ1) is 26.7. The van der Waals surface area contributed by atoms with Crippen molar-refractivity contribution in [1.82, 2.24) is 0 Å². The van der Waals surface area contributed by atoms with E-state index in [1.807, 2.05) is 25.2 Å². The normalized spacial score (nSPS) is 20.4. The monoisotopic (exact) mass is 308 g/mol. The van der Waals surface area contributed by atoms with Crippen LogP contribution in [0.5, 0.6) is 0 Å². The minimum Gasteiger partial charge on any atom is 0 e. The third-order valence-corrected chi connectivity index (χ3v) is 2.34. The Bertz CT molecular complexity index is 268. The largest absolute Gasteiger partial charge is 0 e. The summed E-state index contributed by atoms with van der Waals surface area (Å²) < 4.78 is 35.4. The van der Waals surface area contributed by atoms with Gasteiger partial charge >= 0.3 is 33.9 Å². The van der Waals surface area contributed by atoms with Crippen molar-refractivity contribution in [3.8, 4) is 0 Å². The number of hydrogen-bond acceptors (Lipinski definition) is 0. The molecule has 0 aromatic carbocycles. The van der Waals surface area contributed by atoms with Crippen molar-refractivity contribution in [2.24, 2.45) is 5.92 Å². The van der Waals surface area contributed by atoms with Gasteiger partial charge in [-0.05, 0) is 38.5 Å². The Kier molecular flexibility index (Phi) is 36.3. The number of hydrogen-bond donors (Lipinski definition) is 0. The van der Waals surface area contributed by atoms with E-state index in [2.05, 4.69) is 26.0 Å². The zero-order valence-electron chi connectivity index (χ0n) is 10.7. The molecule has 5 heteroatoms. The topological polar surface area (TPSA) is 59.7 Å². The van der Waals surface area contributed by atoms with E-state index < -0.39 is 6.17 Å². The van der Waals surface area contributed by atoms with E-state index >= 15 is 0 Å². The van der Waals surface area contributed by atoms with Gasteiger partial charge in [-0.25, -0.2) is 4.39 Å². The van der Waals surface area contributed by atoms with Gasteiger partial charge in [0.05, 0.1) is 0 Å². The number of rotatable bonds is 2. The van der Waals surface area contributed by atoms with Crippen molar-refractivity contribution in [3.63, 3.8) is 0 Å². The Morgan fingerprint density at radius 1 is 1.00 bits per heavy atom. The molecule has 0 aliphatic heterocycles. The van der Waals surface area contributed by atoms with Gasteiger partial charge in [0.25, 0.3) is 0 Å². The summed E-state index contributed by atoms with van der Waals surface area (Å²) in [6.07, 6.45) is 11.3. The van der Waals surface area contributed by atoms with Crippen LogP contribution in [0.25, 0.3) is 0 Å². The zero-order chi connectivity index (χ0) is 14.8. The van der Waals surface area contributed by atoms with E-state index in [9.17, 15) is 4.39 Å². The summed E-state index contributed by atoms with van der Waals surface area (Å²) in [4.78, 5) is 0. The van der Waals surface area contributed by atoms with Gasteiger partial charge in [-0.1, -0.05) is 24.3 Å². The van der Waals surface area contributed by atoms with Gasteiger partial charge in [-0.2, -0.15) is 0 Å². The molecule has 0 heterocycles.